The molecule has 0 aliphatic carbocycles. The normalized spacial score (nSPS) is 11.1. The second kappa shape index (κ2) is 5.19. The zero-order valence-electron chi connectivity index (χ0n) is 10.9. The van der Waals surface area contributed by atoms with Crippen LogP contribution in [0.1, 0.15) is 5.56 Å². The standard InChI is InChI=1S/C15H13FN2OS/c1-19-9-10-4-2-3-5-13(10)18-14-7-6-11(16)8-12(14)17-15(18)20/h2-8H,9H2,1H3,(H,17,20). The van der Waals surface area contributed by atoms with Crippen molar-refractivity contribution in [2.75, 3.05) is 7.11 Å². The summed E-state index contributed by atoms with van der Waals surface area (Å²) in [5.41, 5.74) is 3.50. The molecular weight excluding hydrogens is 275 g/mol. The van der Waals surface area contributed by atoms with Crippen molar-refractivity contribution in [1.29, 1.82) is 0 Å². The molecule has 0 saturated heterocycles. The van der Waals surface area contributed by atoms with Gasteiger partial charge >= 0.3 is 0 Å². The van der Waals surface area contributed by atoms with E-state index in [1.807, 2.05) is 28.8 Å². The number of nitrogens with one attached hydrogen (secondary N) is 1. The van der Waals surface area contributed by atoms with Crippen LogP contribution in [0.15, 0.2) is 42.5 Å². The van der Waals surface area contributed by atoms with Crippen LogP contribution in [-0.4, -0.2) is 16.7 Å². The average molecular weight is 288 g/mol. The number of H-pyrrole nitrogens is 1. The van der Waals surface area contributed by atoms with Gasteiger partial charge in [-0.1, -0.05) is 18.2 Å². The van der Waals surface area contributed by atoms with E-state index in [4.69, 9.17) is 17.0 Å². The van der Waals surface area contributed by atoms with Gasteiger partial charge in [0.2, 0.25) is 0 Å². The van der Waals surface area contributed by atoms with Gasteiger partial charge < -0.3 is 9.72 Å². The minimum Gasteiger partial charge on any atom is -0.380 e. The molecule has 102 valence electrons. The summed E-state index contributed by atoms with van der Waals surface area (Å²) in [6.45, 7) is 0.492. The summed E-state index contributed by atoms with van der Waals surface area (Å²) >= 11 is 5.37. The molecule has 0 saturated carbocycles. The fourth-order valence-corrected chi connectivity index (χ4v) is 2.64. The fraction of sp³-hybridized carbons (Fsp3) is 0.133. The van der Waals surface area contributed by atoms with Crippen LogP contribution in [0.4, 0.5) is 4.39 Å². The molecule has 3 rings (SSSR count). The van der Waals surface area contributed by atoms with E-state index < -0.39 is 0 Å². The quantitative estimate of drug-likeness (QED) is 0.739. The number of hydrogen-bond donors (Lipinski definition) is 1. The van der Waals surface area contributed by atoms with Crippen LogP contribution in [-0.2, 0) is 11.3 Å². The molecular formula is C15H13FN2OS. The predicted molar refractivity (Wildman–Crippen MR) is 79.1 cm³/mol. The second-order valence-corrected chi connectivity index (χ2v) is 4.88. The number of aromatic amines is 1. The summed E-state index contributed by atoms with van der Waals surface area (Å²) in [5.74, 6) is -0.286. The van der Waals surface area contributed by atoms with Gasteiger partial charge in [0.25, 0.3) is 0 Å². The van der Waals surface area contributed by atoms with Gasteiger partial charge in [0.15, 0.2) is 4.77 Å². The number of methoxy groups -OCH3 is 1. The molecule has 0 bridgehead atoms. The largest absolute Gasteiger partial charge is 0.380 e. The number of nitrogens with zero attached hydrogens (tertiary/aromatic N) is 1. The smallest absolute Gasteiger partial charge is 0.182 e. The summed E-state index contributed by atoms with van der Waals surface area (Å²) in [4.78, 5) is 3.03. The molecule has 1 N–H and O–H groups in total. The van der Waals surface area contributed by atoms with Crippen molar-refractivity contribution in [3.05, 3.63) is 58.6 Å². The van der Waals surface area contributed by atoms with E-state index in [9.17, 15) is 4.39 Å². The Labute approximate surface area is 120 Å². The molecule has 20 heavy (non-hydrogen) atoms. The maximum absolute atomic E-state index is 13.3. The van der Waals surface area contributed by atoms with Gasteiger partial charge in [-0.2, -0.15) is 0 Å². The lowest BCUT2D eigenvalue weighted by Crippen LogP contribution is -2.00. The third-order valence-corrected chi connectivity index (χ3v) is 3.46. The lowest BCUT2D eigenvalue weighted by Gasteiger charge is -2.10. The Morgan fingerprint density at radius 3 is 2.85 bits per heavy atom. The molecule has 0 aliphatic heterocycles. The number of imidazole rings is 1. The first kappa shape index (κ1) is 13.0. The Morgan fingerprint density at radius 1 is 1.25 bits per heavy atom. The summed E-state index contributed by atoms with van der Waals surface area (Å²) in [6, 6.07) is 12.5. The Bertz CT molecular complexity index is 822. The number of benzene rings is 2. The lowest BCUT2D eigenvalue weighted by atomic mass is 10.2. The molecule has 0 unspecified atom stereocenters. The molecule has 1 heterocycles. The third-order valence-electron chi connectivity index (χ3n) is 3.18. The minimum absolute atomic E-state index is 0.286. The van der Waals surface area contributed by atoms with E-state index in [2.05, 4.69) is 4.98 Å². The highest BCUT2D eigenvalue weighted by Crippen LogP contribution is 2.23. The number of fused-ring (bicyclic) bond motifs is 1. The molecule has 0 atom stereocenters. The Morgan fingerprint density at radius 2 is 2.05 bits per heavy atom. The molecule has 5 heteroatoms. The SMILES string of the molecule is COCc1ccccc1-n1c(=S)[nH]c2cc(F)ccc21. The van der Waals surface area contributed by atoms with E-state index in [0.717, 1.165) is 16.8 Å². The Hall–Kier alpha value is -1.98. The highest BCUT2D eigenvalue weighted by Gasteiger charge is 2.10. The maximum Gasteiger partial charge on any atom is 0.182 e. The number of halogens is 1. The number of aromatic nitrogens is 2. The third kappa shape index (κ3) is 2.15. The first-order valence-corrected chi connectivity index (χ1v) is 6.59. The fourth-order valence-electron chi connectivity index (χ4n) is 2.33. The van der Waals surface area contributed by atoms with Crippen molar-refractivity contribution in [2.24, 2.45) is 0 Å². The van der Waals surface area contributed by atoms with Crippen LogP contribution >= 0.6 is 12.2 Å². The van der Waals surface area contributed by atoms with Crippen molar-refractivity contribution in [2.45, 2.75) is 6.61 Å². The molecule has 0 aliphatic rings. The van der Waals surface area contributed by atoms with E-state index in [1.54, 1.807) is 13.2 Å². The van der Waals surface area contributed by atoms with Gasteiger partial charge in [-0.15, -0.1) is 0 Å². The maximum atomic E-state index is 13.3. The number of ether oxygens (including phenoxy) is 1. The van der Waals surface area contributed by atoms with Crippen LogP contribution < -0.4 is 0 Å². The van der Waals surface area contributed by atoms with Gasteiger partial charge in [-0.3, -0.25) is 4.57 Å². The molecule has 3 aromatic rings. The van der Waals surface area contributed by atoms with Crippen molar-refractivity contribution in [3.8, 4) is 5.69 Å². The summed E-state index contributed by atoms with van der Waals surface area (Å²) < 4.78 is 21.0. The van der Waals surface area contributed by atoms with Crippen molar-refractivity contribution in [1.82, 2.24) is 9.55 Å². The summed E-state index contributed by atoms with van der Waals surface area (Å²) in [6.07, 6.45) is 0. The number of hydrogen-bond acceptors (Lipinski definition) is 2. The first-order valence-electron chi connectivity index (χ1n) is 6.18. The van der Waals surface area contributed by atoms with Crippen LogP contribution in [0.3, 0.4) is 0 Å². The number of rotatable bonds is 3. The summed E-state index contributed by atoms with van der Waals surface area (Å²) in [7, 11) is 1.65. The highest BCUT2D eigenvalue weighted by atomic mass is 32.1. The van der Waals surface area contributed by atoms with Gasteiger partial charge in [0.1, 0.15) is 5.82 Å². The van der Waals surface area contributed by atoms with E-state index >= 15 is 0 Å². The monoisotopic (exact) mass is 288 g/mol. The average Bonchev–Trinajstić information content (AvgIpc) is 2.75. The van der Waals surface area contributed by atoms with Crippen LogP contribution in [0, 0.1) is 10.6 Å². The summed E-state index contributed by atoms with van der Waals surface area (Å²) in [5, 5.41) is 0. The molecule has 2 aromatic carbocycles. The second-order valence-electron chi connectivity index (χ2n) is 4.49. The van der Waals surface area contributed by atoms with Crippen LogP contribution in [0.2, 0.25) is 0 Å². The molecule has 0 spiro atoms. The van der Waals surface area contributed by atoms with Gasteiger partial charge in [-0.25, -0.2) is 4.39 Å². The van der Waals surface area contributed by atoms with Crippen LogP contribution in [0.5, 0.6) is 0 Å². The van der Waals surface area contributed by atoms with E-state index in [1.165, 1.54) is 12.1 Å². The molecule has 0 radical (unpaired) electrons. The van der Waals surface area contributed by atoms with Gasteiger partial charge in [0, 0.05) is 12.7 Å². The Balaban J connectivity index is 2.30. The van der Waals surface area contributed by atoms with Crippen molar-refractivity contribution >= 4 is 23.3 Å². The van der Waals surface area contributed by atoms with Gasteiger partial charge in [0.05, 0.1) is 23.3 Å². The van der Waals surface area contributed by atoms with Crippen LogP contribution in [0.25, 0.3) is 16.7 Å². The zero-order valence-corrected chi connectivity index (χ0v) is 11.7. The molecule has 3 nitrogen and oxygen atoms in total. The van der Waals surface area contributed by atoms with Crippen molar-refractivity contribution < 1.29 is 9.13 Å². The molecule has 0 amide bonds. The Kier molecular flexibility index (Phi) is 3.38. The van der Waals surface area contributed by atoms with Crippen molar-refractivity contribution in [3.63, 3.8) is 0 Å². The minimum atomic E-state index is -0.286. The van der Waals surface area contributed by atoms with E-state index in [-0.39, 0.29) is 5.82 Å². The number of para-hydroxylation sites is 1. The lowest BCUT2D eigenvalue weighted by molar-refractivity contribution is 0.185. The topological polar surface area (TPSA) is 29.9 Å². The first-order chi connectivity index (χ1) is 9.70. The van der Waals surface area contributed by atoms with Gasteiger partial charge in [-0.05, 0) is 36.5 Å². The molecule has 0 fully saturated rings. The zero-order chi connectivity index (χ0) is 14.1. The highest BCUT2D eigenvalue weighted by molar-refractivity contribution is 7.71. The van der Waals surface area contributed by atoms with E-state index in [0.29, 0.717) is 16.9 Å². The molecule has 1 aromatic heterocycles. The predicted octanol–water partition coefficient (Wildman–Crippen LogP) is 3.97.